The average Bonchev–Trinajstić information content (AvgIpc) is 2.04. The molecule has 0 aliphatic rings. The number of isocyanates is 1. The summed E-state index contributed by atoms with van der Waals surface area (Å²) < 4.78 is 22.0. The van der Waals surface area contributed by atoms with E-state index in [0.717, 1.165) is 6.26 Å². The van der Waals surface area contributed by atoms with Gasteiger partial charge in [-0.15, -0.1) is 0 Å². The van der Waals surface area contributed by atoms with E-state index in [9.17, 15) is 13.2 Å². The van der Waals surface area contributed by atoms with E-state index in [1.165, 1.54) is 30.3 Å². The molecule has 0 radical (unpaired) electrons. The third-order valence-electron chi connectivity index (χ3n) is 1.44. The standard InChI is InChI=1S/C8H7NO3S/c1-13(11,12)8-4-2-7(3-5-8)9-6-10/h2-5H,1H3. The van der Waals surface area contributed by atoms with Crippen molar-refractivity contribution < 1.29 is 13.2 Å². The summed E-state index contributed by atoms with van der Waals surface area (Å²) in [5, 5.41) is 0. The molecule has 1 aromatic carbocycles. The Morgan fingerprint density at radius 1 is 1.23 bits per heavy atom. The van der Waals surface area contributed by atoms with Crippen LogP contribution < -0.4 is 0 Å². The number of aliphatic imine (C=N–C) groups is 1. The second-order valence-corrected chi connectivity index (χ2v) is 4.48. The predicted molar refractivity (Wildman–Crippen MR) is 47.3 cm³/mol. The van der Waals surface area contributed by atoms with Crippen LogP contribution in [-0.4, -0.2) is 20.8 Å². The number of rotatable bonds is 2. The van der Waals surface area contributed by atoms with Gasteiger partial charge in [0, 0.05) is 6.26 Å². The molecule has 0 saturated heterocycles. The smallest absolute Gasteiger partial charge is 0.224 e. The Kier molecular flexibility index (Phi) is 2.60. The van der Waals surface area contributed by atoms with Gasteiger partial charge in [-0.2, -0.15) is 4.99 Å². The molecule has 1 aromatic rings. The molecular formula is C8H7NO3S. The zero-order chi connectivity index (χ0) is 9.90. The minimum absolute atomic E-state index is 0.206. The van der Waals surface area contributed by atoms with Crippen LogP contribution in [0.4, 0.5) is 5.69 Å². The third-order valence-corrected chi connectivity index (χ3v) is 2.57. The molecule has 0 unspecified atom stereocenters. The van der Waals surface area contributed by atoms with Gasteiger partial charge in [0.2, 0.25) is 6.08 Å². The molecule has 0 saturated carbocycles. The van der Waals surface area contributed by atoms with Crippen LogP contribution in [0.1, 0.15) is 0 Å². The molecule has 68 valence electrons. The Morgan fingerprint density at radius 2 is 1.77 bits per heavy atom. The maximum absolute atomic E-state index is 11.0. The van der Waals surface area contributed by atoms with Crippen molar-refractivity contribution in [2.45, 2.75) is 4.90 Å². The first-order valence-electron chi connectivity index (χ1n) is 3.42. The van der Waals surface area contributed by atoms with Crippen LogP contribution in [0.25, 0.3) is 0 Å². The van der Waals surface area contributed by atoms with Gasteiger partial charge in [-0.1, -0.05) is 0 Å². The number of nitrogens with zero attached hydrogens (tertiary/aromatic N) is 1. The molecule has 1 rings (SSSR count). The van der Waals surface area contributed by atoms with Gasteiger partial charge in [0.05, 0.1) is 10.6 Å². The lowest BCUT2D eigenvalue weighted by molar-refractivity contribution is 0.565. The number of benzene rings is 1. The van der Waals surface area contributed by atoms with E-state index in [1.54, 1.807) is 0 Å². The maximum atomic E-state index is 11.0. The lowest BCUT2D eigenvalue weighted by atomic mass is 10.3. The van der Waals surface area contributed by atoms with E-state index in [0.29, 0.717) is 5.69 Å². The summed E-state index contributed by atoms with van der Waals surface area (Å²) in [6.45, 7) is 0. The van der Waals surface area contributed by atoms with Crippen molar-refractivity contribution in [1.29, 1.82) is 0 Å². The molecule has 13 heavy (non-hydrogen) atoms. The number of carbonyl (C=O) groups excluding carboxylic acids is 1. The molecule has 5 heteroatoms. The van der Waals surface area contributed by atoms with Gasteiger partial charge in [0.15, 0.2) is 9.84 Å². The van der Waals surface area contributed by atoms with Crippen molar-refractivity contribution in [3.63, 3.8) is 0 Å². The molecule has 4 nitrogen and oxygen atoms in total. The van der Waals surface area contributed by atoms with E-state index in [2.05, 4.69) is 4.99 Å². The molecular weight excluding hydrogens is 190 g/mol. The Morgan fingerprint density at radius 3 is 2.15 bits per heavy atom. The Bertz CT molecular complexity index is 441. The molecule has 0 spiro atoms. The lowest BCUT2D eigenvalue weighted by Gasteiger charge is -1.96. The van der Waals surface area contributed by atoms with Gasteiger partial charge >= 0.3 is 0 Å². The molecule has 0 aliphatic carbocycles. The van der Waals surface area contributed by atoms with Crippen molar-refractivity contribution in [3.8, 4) is 0 Å². The second-order valence-electron chi connectivity index (χ2n) is 2.47. The van der Waals surface area contributed by atoms with Crippen molar-refractivity contribution >= 4 is 21.6 Å². The molecule has 0 aliphatic heterocycles. The summed E-state index contributed by atoms with van der Waals surface area (Å²) in [5.41, 5.74) is 0.391. The molecule has 0 heterocycles. The number of hydrogen-bond acceptors (Lipinski definition) is 4. The van der Waals surface area contributed by atoms with Gasteiger partial charge in [-0.3, -0.25) is 0 Å². The molecule has 0 N–H and O–H groups in total. The summed E-state index contributed by atoms with van der Waals surface area (Å²) in [4.78, 5) is 13.4. The SMILES string of the molecule is CS(=O)(=O)c1ccc(N=C=O)cc1. The molecule has 0 aromatic heterocycles. The zero-order valence-electron chi connectivity index (χ0n) is 6.89. The number of sulfone groups is 1. The van der Waals surface area contributed by atoms with E-state index < -0.39 is 9.84 Å². The maximum Gasteiger partial charge on any atom is 0.240 e. The zero-order valence-corrected chi connectivity index (χ0v) is 7.71. The summed E-state index contributed by atoms with van der Waals surface area (Å²) in [6.07, 6.45) is 2.48. The fourth-order valence-corrected chi connectivity index (χ4v) is 1.45. The largest absolute Gasteiger partial charge is 0.240 e. The Labute approximate surface area is 75.8 Å². The minimum atomic E-state index is -3.17. The molecule has 0 fully saturated rings. The van der Waals surface area contributed by atoms with Gasteiger partial charge in [-0.05, 0) is 24.3 Å². The quantitative estimate of drug-likeness (QED) is 0.526. The summed E-state index contributed by atoms with van der Waals surface area (Å²) in [5.74, 6) is 0. The first-order valence-corrected chi connectivity index (χ1v) is 5.31. The fourth-order valence-electron chi connectivity index (χ4n) is 0.821. The van der Waals surface area contributed by atoms with Gasteiger partial charge < -0.3 is 0 Å². The van der Waals surface area contributed by atoms with Gasteiger partial charge in [0.25, 0.3) is 0 Å². The van der Waals surface area contributed by atoms with Crippen molar-refractivity contribution in [1.82, 2.24) is 0 Å². The fraction of sp³-hybridized carbons (Fsp3) is 0.125. The Hall–Kier alpha value is -1.45. The summed E-state index contributed by atoms with van der Waals surface area (Å²) in [7, 11) is -3.17. The van der Waals surface area contributed by atoms with E-state index in [1.807, 2.05) is 0 Å². The molecule has 0 bridgehead atoms. The highest BCUT2D eigenvalue weighted by Gasteiger charge is 2.05. The van der Waals surface area contributed by atoms with Crippen molar-refractivity contribution in [3.05, 3.63) is 24.3 Å². The molecule has 0 amide bonds. The average molecular weight is 197 g/mol. The normalized spacial score (nSPS) is 10.5. The first kappa shape index (κ1) is 9.64. The van der Waals surface area contributed by atoms with Gasteiger partial charge in [-0.25, -0.2) is 13.2 Å². The highest BCUT2D eigenvalue weighted by atomic mass is 32.2. The van der Waals surface area contributed by atoms with Crippen LogP contribution >= 0.6 is 0 Å². The second kappa shape index (κ2) is 3.51. The van der Waals surface area contributed by atoms with Crippen LogP contribution in [0.2, 0.25) is 0 Å². The Balaban J connectivity index is 3.15. The lowest BCUT2D eigenvalue weighted by Crippen LogP contribution is -1.95. The van der Waals surface area contributed by atoms with Crippen LogP contribution in [0.3, 0.4) is 0 Å². The third kappa shape index (κ3) is 2.50. The highest BCUT2D eigenvalue weighted by molar-refractivity contribution is 7.90. The van der Waals surface area contributed by atoms with Crippen molar-refractivity contribution in [2.75, 3.05) is 6.26 Å². The van der Waals surface area contributed by atoms with Crippen LogP contribution in [0.5, 0.6) is 0 Å². The van der Waals surface area contributed by atoms with E-state index in [4.69, 9.17) is 0 Å². The van der Waals surface area contributed by atoms with Crippen molar-refractivity contribution in [2.24, 2.45) is 4.99 Å². The number of hydrogen-bond donors (Lipinski definition) is 0. The van der Waals surface area contributed by atoms with Crippen LogP contribution in [0, 0.1) is 0 Å². The van der Waals surface area contributed by atoms with Crippen LogP contribution in [0.15, 0.2) is 34.2 Å². The monoisotopic (exact) mass is 197 g/mol. The van der Waals surface area contributed by atoms with E-state index >= 15 is 0 Å². The van der Waals surface area contributed by atoms with E-state index in [-0.39, 0.29) is 4.90 Å². The highest BCUT2D eigenvalue weighted by Crippen LogP contribution is 2.15. The van der Waals surface area contributed by atoms with Crippen LogP contribution in [-0.2, 0) is 14.6 Å². The first-order chi connectivity index (χ1) is 6.04. The topological polar surface area (TPSA) is 63.6 Å². The predicted octanol–water partition coefficient (Wildman–Crippen LogP) is 1.06. The summed E-state index contributed by atoms with van der Waals surface area (Å²) >= 11 is 0. The van der Waals surface area contributed by atoms with Gasteiger partial charge in [0.1, 0.15) is 0 Å². The summed E-state index contributed by atoms with van der Waals surface area (Å²) in [6, 6.07) is 5.68. The minimum Gasteiger partial charge on any atom is -0.224 e. The molecule has 0 atom stereocenters.